The van der Waals surface area contributed by atoms with Gasteiger partial charge in [-0.05, 0) is 37.5 Å². The molecule has 5 nitrogen and oxygen atoms in total. The molecule has 1 aliphatic heterocycles. The van der Waals surface area contributed by atoms with Crippen LogP contribution in [0.5, 0.6) is 0 Å². The van der Waals surface area contributed by atoms with Crippen LogP contribution in [0.2, 0.25) is 0 Å². The number of hydrogen-bond donors (Lipinski definition) is 2. The highest BCUT2D eigenvalue weighted by Crippen LogP contribution is 2.20. The molecule has 3 N–H and O–H groups in total. The molecule has 0 aromatic heterocycles. The Kier molecular flexibility index (Phi) is 4.25. The van der Waals surface area contributed by atoms with Crippen molar-refractivity contribution in [2.45, 2.75) is 43.9 Å². The molecule has 2 rings (SSSR count). The number of aryl methyl sites for hydroxylation is 1. The normalized spacial score (nSPS) is 23.7. The van der Waals surface area contributed by atoms with Crippen molar-refractivity contribution in [3.8, 4) is 0 Å². The van der Waals surface area contributed by atoms with E-state index in [2.05, 4.69) is 4.72 Å². The van der Waals surface area contributed by atoms with Crippen molar-refractivity contribution in [3.05, 3.63) is 29.3 Å². The number of sulfonamides is 1. The van der Waals surface area contributed by atoms with Crippen LogP contribution in [0.1, 0.15) is 24.5 Å². The summed E-state index contributed by atoms with van der Waals surface area (Å²) in [6.07, 6.45) is 0.624. The van der Waals surface area contributed by atoms with E-state index in [-0.39, 0.29) is 12.1 Å². The van der Waals surface area contributed by atoms with E-state index in [0.29, 0.717) is 30.0 Å². The zero-order valence-corrected chi connectivity index (χ0v) is 12.0. The van der Waals surface area contributed by atoms with E-state index in [1.807, 2.05) is 13.0 Å². The first-order valence-electron chi connectivity index (χ1n) is 6.37. The van der Waals surface area contributed by atoms with Crippen LogP contribution in [0.3, 0.4) is 0 Å². The second-order valence-electron chi connectivity index (χ2n) is 4.90. The van der Waals surface area contributed by atoms with Crippen LogP contribution in [0, 0.1) is 6.92 Å². The number of nitrogens with one attached hydrogen (secondary N) is 1. The Balaban J connectivity index is 2.24. The molecule has 1 fully saturated rings. The second kappa shape index (κ2) is 5.58. The molecule has 19 heavy (non-hydrogen) atoms. The molecule has 2 unspecified atom stereocenters. The third-order valence-electron chi connectivity index (χ3n) is 3.45. The lowest BCUT2D eigenvalue weighted by Crippen LogP contribution is -2.39. The molecule has 1 aliphatic rings. The molecule has 0 aliphatic carbocycles. The number of ether oxygens (including phenoxy) is 1. The van der Waals surface area contributed by atoms with Crippen molar-refractivity contribution in [2.24, 2.45) is 5.73 Å². The van der Waals surface area contributed by atoms with Gasteiger partial charge < -0.3 is 10.5 Å². The fraction of sp³-hybridized carbons (Fsp3) is 0.538. The predicted octanol–water partition coefficient (Wildman–Crippen LogP) is 0.909. The summed E-state index contributed by atoms with van der Waals surface area (Å²) in [5.41, 5.74) is 7.18. The molecule has 0 bridgehead atoms. The zero-order chi connectivity index (χ0) is 14.0. The largest absolute Gasteiger partial charge is 0.377 e. The van der Waals surface area contributed by atoms with Crippen molar-refractivity contribution in [3.63, 3.8) is 0 Å². The van der Waals surface area contributed by atoms with Crippen LogP contribution in [0.15, 0.2) is 23.1 Å². The maximum absolute atomic E-state index is 12.4. The molecule has 1 heterocycles. The highest BCUT2D eigenvalue weighted by molar-refractivity contribution is 7.89. The van der Waals surface area contributed by atoms with E-state index in [1.54, 1.807) is 19.1 Å². The number of rotatable bonds is 4. The van der Waals surface area contributed by atoms with Crippen molar-refractivity contribution in [1.29, 1.82) is 0 Å². The third-order valence-corrected chi connectivity index (χ3v) is 5.10. The van der Waals surface area contributed by atoms with Gasteiger partial charge >= 0.3 is 0 Å². The van der Waals surface area contributed by atoms with Crippen LogP contribution >= 0.6 is 0 Å². The highest BCUT2D eigenvalue weighted by atomic mass is 32.2. The summed E-state index contributed by atoms with van der Waals surface area (Å²) in [7, 11) is -3.50. The quantitative estimate of drug-likeness (QED) is 0.861. The zero-order valence-electron chi connectivity index (χ0n) is 11.2. The maximum Gasteiger partial charge on any atom is 0.241 e. The molecule has 106 valence electrons. The van der Waals surface area contributed by atoms with Gasteiger partial charge in [0.25, 0.3) is 0 Å². The number of hydrogen-bond acceptors (Lipinski definition) is 4. The average molecular weight is 284 g/mol. The van der Waals surface area contributed by atoms with E-state index < -0.39 is 10.0 Å². The van der Waals surface area contributed by atoms with E-state index in [1.165, 1.54) is 0 Å². The van der Waals surface area contributed by atoms with Crippen molar-refractivity contribution in [2.75, 3.05) is 6.61 Å². The van der Waals surface area contributed by atoms with Crippen LogP contribution in [-0.4, -0.2) is 27.2 Å². The Morgan fingerprint density at radius 1 is 1.47 bits per heavy atom. The van der Waals surface area contributed by atoms with Gasteiger partial charge in [-0.1, -0.05) is 12.1 Å². The minimum atomic E-state index is -3.50. The summed E-state index contributed by atoms with van der Waals surface area (Å²) in [5.74, 6) is 0. The van der Waals surface area contributed by atoms with E-state index in [4.69, 9.17) is 10.5 Å². The maximum atomic E-state index is 12.4. The molecule has 0 radical (unpaired) electrons. The SMILES string of the molecule is Cc1cc(CN)ccc1S(=O)(=O)NC1CCOC1C. The van der Waals surface area contributed by atoms with Gasteiger partial charge in [0.05, 0.1) is 17.0 Å². The van der Waals surface area contributed by atoms with Crippen molar-refractivity contribution < 1.29 is 13.2 Å². The Morgan fingerprint density at radius 3 is 2.74 bits per heavy atom. The lowest BCUT2D eigenvalue weighted by atomic mass is 10.1. The van der Waals surface area contributed by atoms with Crippen LogP contribution < -0.4 is 10.5 Å². The summed E-state index contributed by atoms with van der Waals surface area (Å²) in [5, 5.41) is 0. The van der Waals surface area contributed by atoms with Gasteiger partial charge in [-0.2, -0.15) is 0 Å². The Hall–Kier alpha value is -0.950. The smallest absolute Gasteiger partial charge is 0.241 e. The molecular weight excluding hydrogens is 264 g/mol. The van der Waals surface area contributed by atoms with Crippen LogP contribution in [0.4, 0.5) is 0 Å². The molecule has 0 saturated carbocycles. The van der Waals surface area contributed by atoms with Gasteiger partial charge in [-0.25, -0.2) is 13.1 Å². The second-order valence-corrected chi connectivity index (χ2v) is 6.58. The molecule has 0 amide bonds. The lowest BCUT2D eigenvalue weighted by Gasteiger charge is -2.17. The van der Waals surface area contributed by atoms with Crippen LogP contribution in [-0.2, 0) is 21.3 Å². The highest BCUT2D eigenvalue weighted by Gasteiger charge is 2.29. The summed E-state index contributed by atoms with van der Waals surface area (Å²) in [6.45, 7) is 4.66. The fourth-order valence-electron chi connectivity index (χ4n) is 2.29. The van der Waals surface area contributed by atoms with Crippen molar-refractivity contribution in [1.82, 2.24) is 4.72 Å². The average Bonchev–Trinajstić information content (AvgIpc) is 2.73. The minimum Gasteiger partial charge on any atom is -0.377 e. The first-order valence-corrected chi connectivity index (χ1v) is 7.86. The summed E-state index contributed by atoms with van der Waals surface area (Å²) in [6, 6.07) is 5.01. The summed E-state index contributed by atoms with van der Waals surface area (Å²) >= 11 is 0. The fourth-order valence-corrected chi connectivity index (χ4v) is 3.85. The summed E-state index contributed by atoms with van der Waals surface area (Å²) < 4.78 is 32.8. The molecule has 0 spiro atoms. The van der Waals surface area contributed by atoms with Crippen LogP contribution in [0.25, 0.3) is 0 Å². The molecule has 1 saturated heterocycles. The monoisotopic (exact) mass is 284 g/mol. The number of benzene rings is 1. The Morgan fingerprint density at radius 2 is 2.21 bits per heavy atom. The standard InChI is InChI=1S/C13H20N2O3S/c1-9-7-11(8-14)3-4-13(9)19(16,17)15-12-5-6-18-10(12)2/h3-4,7,10,12,15H,5-6,8,14H2,1-2H3. The number of nitrogens with two attached hydrogens (primary N) is 1. The van der Waals surface area contributed by atoms with E-state index in [9.17, 15) is 8.42 Å². The van der Waals surface area contributed by atoms with Gasteiger partial charge in [0.15, 0.2) is 0 Å². The molecule has 1 aromatic carbocycles. The van der Waals surface area contributed by atoms with Gasteiger partial charge in [0, 0.05) is 13.2 Å². The summed E-state index contributed by atoms with van der Waals surface area (Å²) in [4.78, 5) is 0.309. The molecule has 1 aromatic rings. The van der Waals surface area contributed by atoms with Gasteiger partial charge in [0.2, 0.25) is 10.0 Å². The predicted molar refractivity (Wildman–Crippen MR) is 73.2 cm³/mol. The molecule has 6 heteroatoms. The molecular formula is C13H20N2O3S. The topological polar surface area (TPSA) is 81.4 Å². The first kappa shape index (κ1) is 14.5. The van der Waals surface area contributed by atoms with E-state index >= 15 is 0 Å². The van der Waals surface area contributed by atoms with E-state index in [0.717, 1.165) is 5.56 Å². The Bertz CT molecular complexity index is 557. The van der Waals surface area contributed by atoms with Gasteiger partial charge in [0.1, 0.15) is 0 Å². The Labute approximate surface area is 114 Å². The lowest BCUT2D eigenvalue weighted by molar-refractivity contribution is 0.117. The van der Waals surface area contributed by atoms with Gasteiger partial charge in [-0.15, -0.1) is 0 Å². The first-order chi connectivity index (χ1) is 8.94. The van der Waals surface area contributed by atoms with Gasteiger partial charge in [-0.3, -0.25) is 0 Å². The molecule has 2 atom stereocenters. The minimum absolute atomic E-state index is 0.0848. The van der Waals surface area contributed by atoms with Crippen molar-refractivity contribution >= 4 is 10.0 Å². The third kappa shape index (κ3) is 3.14.